The number of halogens is 1. The van der Waals surface area contributed by atoms with Gasteiger partial charge >= 0.3 is 5.97 Å². The smallest absolute Gasteiger partial charge is 0.339 e. The van der Waals surface area contributed by atoms with Gasteiger partial charge in [0, 0.05) is 4.47 Å². The van der Waals surface area contributed by atoms with Crippen LogP contribution in [0.3, 0.4) is 0 Å². The van der Waals surface area contributed by atoms with Crippen molar-refractivity contribution in [1.29, 1.82) is 0 Å². The first-order valence-corrected chi connectivity index (χ1v) is 6.70. The number of methoxy groups -OCH3 is 1. The van der Waals surface area contributed by atoms with E-state index in [1.807, 2.05) is 24.3 Å². The average Bonchev–Trinajstić information content (AvgIpc) is 2.46. The zero-order chi connectivity index (χ0) is 13.4. The second kappa shape index (κ2) is 4.67. The number of fused-ring (bicyclic) bond motifs is 3. The van der Waals surface area contributed by atoms with Crippen molar-refractivity contribution in [1.82, 2.24) is 0 Å². The maximum Gasteiger partial charge on any atom is 0.339 e. The molecule has 94 valence electrons. The molecule has 0 spiro atoms. The molecule has 0 radical (unpaired) electrons. The first kappa shape index (κ1) is 12.2. The van der Waals surface area contributed by atoms with E-state index in [1.54, 1.807) is 6.07 Å². The molecule has 3 heteroatoms. The van der Waals surface area contributed by atoms with Gasteiger partial charge in [-0.15, -0.1) is 0 Å². The van der Waals surface area contributed by atoms with Crippen molar-refractivity contribution >= 4 is 43.4 Å². The Kier molecular flexibility index (Phi) is 2.99. The minimum absolute atomic E-state index is 0.332. The first-order chi connectivity index (χ1) is 9.22. The van der Waals surface area contributed by atoms with Crippen molar-refractivity contribution in [3.05, 3.63) is 58.6 Å². The van der Waals surface area contributed by atoms with Gasteiger partial charge in [-0.1, -0.05) is 42.5 Å². The summed E-state index contributed by atoms with van der Waals surface area (Å²) in [4.78, 5) is 11.7. The zero-order valence-electron chi connectivity index (χ0n) is 10.3. The van der Waals surface area contributed by atoms with Crippen LogP contribution in [0.2, 0.25) is 0 Å². The molecule has 3 aromatic rings. The third kappa shape index (κ3) is 1.90. The maximum absolute atomic E-state index is 11.7. The predicted octanol–water partition coefficient (Wildman–Crippen LogP) is 4.54. The van der Waals surface area contributed by atoms with E-state index >= 15 is 0 Å². The summed E-state index contributed by atoms with van der Waals surface area (Å²) in [6, 6.07) is 16.0. The second-order valence-corrected chi connectivity index (χ2v) is 5.09. The molecule has 0 amide bonds. The Labute approximate surface area is 119 Å². The number of carbonyl (C=O) groups is 1. The number of ether oxygens (including phenoxy) is 1. The highest BCUT2D eigenvalue weighted by atomic mass is 79.9. The fraction of sp³-hybridized carbons (Fsp3) is 0.0625. The molecule has 2 nitrogen and oxygen atoms in total. The summed E-state index contributed by atoms with van der Waals surface area (Å²) in [5, 5.41) is 4.50. The van der Waals surface area contributed by atoms with Crippen LogP contribution in [0.4, 0.5) is 0 Å². The van der Waals surface area contributed by atoms with E-state index in [2.05, 4.69) is 34.1 Å². The van der Waals surface area contributed by atoms with Crippen molar-refractivity contribution in [3.63, 3.8) is 0 Å². The van der Waals surface area contributed by atoms with Crippen LogP contribution in [0, 0.1) is 0 Å². The van der Waals surface area contributed by atoms with Crippen molar-refractivity contribution < 1.29 is 9.53 Å². The monoisotopic (exact) mass is 314 g/mol. The van der Waals surface area contributed by atoms with Gasteiger partial charge in [-0.25, -0.2) is 4.79 Å². The highest BCUT2D eigenvalue weighted by Crippen LogP contribution is 2.33. The molecule has 0 atom stereocenters. The van der Waals surface area contributed by atoms with E-state index < -0.39 is 0 Å². The van der Waals surface area contributed by atoms with Crippen LogP contribution in [-0.4, -0.2) is 13.1 Å². The van der Waals surface area contributed by atoms with E-state index in [0.29, 0.717) is 5.56 Å². The minimum atomic E-state index is -0.332. The quantitative estimate of drug-likeness (QED) is 0.487. The molecule has 0 N–H and O–H groups in total. The van der Waals surface area contributed by atoms with Crippen LogP contribution in [0.1, 0.15) is 10.4 Å². The Morgan fingerprint density at radius 1 is 0.947 bits per heavy atom. The van der Waals surface area contributed by atoms with E-state index in [-0.39, 0.29) is 5.97 Å². The number of benzene rings is 3. The summed E-state index contributed by atoms with van der Waals surface area (Å²) in [5.74, 6) is -0.332. The number of esters is 1. The third-order valence-electron chi connectivity index (χ3n) is 3.27. The molecule has 0 heterocycles. The summed E-state index contributed by atoms with van der Waals surface area (Å²) in [6.07, 6.45) is 0. The van der Waals surface area contributed by atoms with E-state index in [4.69, 9.17) is 4.74 Å². The Balaban J connectivity index is 2.39. The fourth-order valence-electron chi connectivity index (χ4n) is 2.32. The lowest BCUT2D eigenvalue weighted by atomic mass is 10.0. The van der Waals surface area contributed by atoms with Gasteiger partial charge in [0.2, 0.25) is 0 Å². The van der Waals surface area contributed by atoms with Crippen LogP contribution in [0.25, 0.3) is 21.5 Å². The summed E-state index contributed by atoms with van der Waals surface area (Å²) in [6.45, 7) is 0. The molecular formula is C16H11BrO2. The van der Waals surface area contributed by atoms with E-state index in [0.717, 1.165) is 15.2 Å². The van der Waals surface area contributed by atoms with Crippen LogP contribution in [0.5, 0.6) is 0 Å². The largest absolute Gasteiger partial charge is 0.465 e. The van der Waals surface area contributed by atoms with Crippen molar-refractivity contribution in [2.24, 2.45) is 0 Å². The summed E-state index contributed by atoms with van der Waals surface area (Å²) in [7, 11) is 1.39. The number of hydrogen-bond acceptors (Lipinski definition) is 2. The average molecular weight is 315 g/mol. The Bertz CT molecular complexity index is 793. The van der Waals surface area contributed by atoms with Crippen LogP contribution in [-0.2, 0) is 4.74 Å². The summed E-state index contributed by atoms with van der Waals surface area (Å²) in [5.41, 5.74) is 0.547. The lowest BCUT2D eigenvalue weighted by Gasteiger charge is -2.09. The zero-order valence-corrected chi connectivity index (χ0v) is 11.9. The molecule has 0 aliphatic heterocycles. The summed E-state index contributed by atoms with van der Waals surface area (Å²) < 4.78 is 5.56. The molecule has 0 fully saturated rings. The standard InChI is InChI=1S/C16H11BrO2/c1-19-16(18)14-9-8-12-11-5-3-2-4-10(11)6-7-13(12)15(14)17/h2-9H,1H3. The molecule has 0 aliphatic carbocycles. The lowest BCUT2D eigenvalue weighted by Crippen LogP contribution is -2.02. The second-order valence-electron chi connectivity index (χ2n) is 4.30. The fourth-order valence-corrected chi connectivity index (χ4v) is 2.96. The maximum atomic E-state index is 11.7. The van der Waals surface area contributed by atoms with E-state index in [9.17, 15) is 4.79 Å². The Morgan fingerprint density at radius 2 is 1.68 bits per heavy atom. The predicted molar refractivity (Wildman–Crippen MR) is 80.5 cm³/mol. The van der Waals surface area contributed by atoms with Gasteiger partial charge in [0.05, 0.1) is 12.7 Å². The highest BCUT2D eigenvalue weighted by molar-refractivity contribution is 9.10. The van der Waals surface area contributed by atoms with Gasteiger partial charge in [0.1, 0.15) is 0 Å². The van der Waals surface area contributed by atoms with Crippen LogP contribution in [0.15, 0.2) is 53.0 Å². The van der Waals surface area contributed by atoms with Crippen molar-refractivity contribution in [2.75, 3.05) is 7.11 Å². The van der Waals surface area contributed by atoms with Gasteiger partial charge < -0.3 is 4.74 Å². The Hall–Kier alpha value is -1.87. The van der Waals surface area contributed by atoms with Crippen LogP contribution < -0.4 is 0 Å². The number of carbonyl (C=O) groups excluding carboxylic acids is 1. The van der Waals surface area contributed by atoms with Crippen LogP contribution >= 0.6 is 15.9 Å². The van der Waals surface area contributed by atoms with Gasteiger partial charge in [-0.3, -0.25) is 0 Å². The molecule has 0 aliphatic rings. The van der Waals surface area contributed by atoms with E-state index in [1.165, 1.54) is 17.9 Å². The first-order valence-electron chi connectivity index (χ1n) is 5.90. The topological polar surface area (TPSA) is 26.3 Å². The van der Waals surface area contributed by atoms with Crippen molar-refractivity contribution in [3.8, 4) is 0 Å². The molecule has 0 aromatic heterocycles. The molecule has 3 rings (SSSR count). The highest BCUT2D eigenvalue weighted by Gasteiger charge is 2.13. The van der Waals surface area contributed by atoms with Crippen molar-refractivity contribution in [2.45, 2.75) is 0 Å². The Morgan fingerprint density at radius 3 is 2.47 bits per heavy atom. The van der Waals surface area contributed by atoms with Gasteiger partial charge in [0.25, 0.3) is 0 Å². The molecule has 0 unspecified atom stereocenters. The molecule has 0 bridgehead atoms. The van der Waals surface area contributed by atoms with Gasteiger partial charge in [-0.05, 0) is 43.5 Å². The lowest BCUT2D eigenvalue weighted by molar-refractivity contribution is 0.0600. The van der Waals surface area contributed by atoms with Gasteiger partial charge in [0.15, 0.2) is 0 Å². The molecule has 19 heavy (non-hydrogen) atoms. The molecule has 0 saturated heterocycles. The molecule has 3 aromatic carbocycles. The normalized spacial score (nSPS) is 10.8. The molecule has 0 saturated carbocycles. The third-order valence-corrected chi connectivity index (χ3v) is 4.12. The number of hydrogen-bond donors (Lipinski definition) is 0. The number of rotatable bonds is 1. The summed E-state index contributed by atoms with van der Waals surface area (Å²) >= 11 is 3.51. The minimum Gasteiger partial charge on any atom is -0.465 e. The molecular weight excluding hydrogens is 304 g/mol. The SMILES string of the molecule is COC(=O)c1ccc2c(ccc3ccccc32)c1Br. The van der Waals surface area contributed by atoms with Gasteiger partial charge in [-0.2, -0.15) is 0 Å².